The Morgan fingerprint density at radius 1 is 1.83 bits per heavy atom. The van der Waals surface area contributed by atoms with Crippen molar-refractivity contribution in [1.29, 1.82) is 5.26 Å². The van der Waals surface area contributed by atoms with Gasteiger partial charge in [-0.15, -0.1) is 0 Å². The molecule has 0 aromatic rings. The second-order valence-electron chi connectivity index (χ2n) is 2.02. The lowest BCUT2D eigenvalue weighted by Gasteiger charge is -1.97. The molecule has 0 fully saturated rings. The lowest BCUT2D eigenvalue weighted by Crippen LogP contribution is -2.25. The van der Waals surface area contributed by atoms with Crippen LogP contribution in [0.2, 0.25) is 0 Å². The summed E-state index contributed by atoms with van der Waals surface area (Å²) in [6.45, 7) is 4.51. The quantitative estimate of drug-likeness (QED) is 0.499. The molecule has 0 saturated carbocycles. The van der Waals surface area contributed by atoms with E-state index in [1.54, 1.807) is 13.0 Å². The van der Waals surface area contributed by atoms with Crippen LogP contribution in [0.5, 0.6) is 0 Å². The molecule has 0 heterocycles. The van der Waals surface area contributed by atoms with Gasteiger partial charge in [-0.25, -0.2) is 9.98 Å². The SMILES string of the molecule is C=N/C(F)=C\N=C(\C#N)C(C)N. The fourth-order valence-electron chi connectivity index (χ4n) is 0.412. The standard InChI is InChI=1S/C7H9FN4/c1-5(10)6(3-9)12-4-7(8)11-2/h4-5H,2,10H2,1H3/b7-4-,12-6-. The van der Waals surface area contributed by atoms with Gasteiger partial charge in [0.05, 0.1) is 12.2 Å². The average Bonchev–Trinajstić information content (AvgIpc) is 2.04. The van der Waals surface area contributed by atoms with E-state index < -0.39 is 12.0 Å². The topological polar surface area (TPSA) is 74.5 Å². The molecule has 4 nitrogen and oxygen atoms in total. The van der Waals surface area contributed by atoms with Crippen LogP contribution in [0.15, 0.2) is 22.1 Å². The molecular formula is C7H9FN4. The first-order valence-electron chi connectivity index (χ1n) is 3.17. The Kier molecular flexibility index (Phi) is 4.49. The Hall–Kier alpha value is -1.54. The van der Waals surface area contributed by atoms with E-state index in [0.29, 0.717) is 0 Å². The number of nitriles is 1. The zero-order chi connectivity index (χ0) is 9.56. The maximum atomic E-state index is 12.3. The number of nitrogens with two attached hydrogens (primary N) is 1. The highest BCUT2D eigenvalue weighted by molar-refractivity contribution is 6.02. The predicted octanol–water partition coefficient (Wildman–Crippen LogP) is 0.767. The predicted molar refractivity (Wildman–Crippen MR) is 45.4 cm³/mol. The smallest absolute Gasteiger partial charge is 0.230 e. The first-order valence-corrected chi connectivity index (χ1v) is 3.17. The van der Waals surface area contributed by atoms with Gasteiger partial charge in [-0.05, 0) is 13.6 Å². The van der Waals surface area contributed by atoms with E-state index in [2.05, 4.69) is 16.7 Å². The van der Waals surface area contributed by atoms with E-state index in [-0.39, 0.29) is 5.71 Å². The summed E-state index contributed by atoms with van der Waals surface area (Å²) in [7, 11) is 0. The first-order chi connectivity index (χ1) is 5.61. The van der Waals surface area contributed by atoms with Crippen molar-refractivity contribution in [1.82, 2.24) is 0 Å². The minimum Gasteiger partial charge on any atom is -0.322 e. The van der Waals surface area contributed by atoms with Crippen LogP contribution in [-0.4, -0.2) is 18.5 Å². The monoisotopic (exact) mass is 168 g/mol. The molecule has 1 unspecified atom stereocenters. The van der Waals surface area contributed by atoms with Gasteiger partial charge in [0.2, 0.25) is 5.95 Å². The molecule has 0 bridgehead atoms. The van der Waals surface area contributed by atoms with E-state index in [1.807, 2.05) is 0 Å². The summed E-state index contributed by atoms with van der Waals surface area (Å²) < 4.78 is 12.3. The number of nitrogens with zero attached hydrogens (tertiary/aromatic N) is 3. The van der Waals surface area contributed by atoms with E-state index >= 15 is 0 Å². The Bertz CT molecular complexity index is 259. The minimum absolute atomic E-state index is 0.0498. The third-order valence-corrected chi connectivity index (χ3v) is 1.01. The number of rotatable bonds is 3. The van der Waals surface area contributed by atoms with Crippen LogP contribution in [0.1, 0.15) is 6.92 Å². The van der Waals surface area contributed by atoms with E-state index in [4.69, 9.17) is 11.0 Å². The zero-order valence-electron chi connectivity index (χ0n) is 6.66. The van der Waals surface area contributed by atoms with Crippen molar-refractivity contribution in [2.45, 2.75) is 13.0 Å². The maximum absolute atomic E-state index is 12.3. The lowest BCUT2D eigenvalue weighted by atomic mass is 10.2. The molecule has 0 aromatic heterocycles. The van der Waals surface area contributed by atoms with Crippen molar-refractivity contribution in [2.75, 3.05) is 0 Å². The molecule has 0 amide bonds. The van der Waals surface area contributed by atoms with Crippen molar-refractivity contribution in [2.24, 2.45) is 15.7 Å². The Morgan fingerprint density at radius 2 is 2.42 bits per heavy atom. The van der Waals surface area contributed by atoms with Crippen molar-refractivity contribution >= 4 is 12.4 Å². The molecule has 0 spiro atoms. The molecule has 0 saturated heterocycles. The normalized spacial score (nSPS) is 15.2. The molecular weight excluding hydrogens is 159 g/mol. The molecule has 0 aliphatic heterocycles. The molecule has 0 radical (unpaired) electrons. The molecule has 1 atom stereocenters. The van der Waals surface area contributed by atoms with Crippen LogP contribution in [0.3, 0.4) is 0 Å². The summed E-state index contributed by atoms with van der Waals surface area (Å²) in [6.07, 6.45) is 0.801. The van der Waals surface area contributed by atoms with Crippen LogP contribution in [0.4, 0.5) is 4.39 Å². The van der Waals surface area contributed by atoms with Crippen LogP contribution in [0.25, 0.3) is 0 Å². The third kappa shape index (κ3) is 3.58. The fourth-order valence-corrected chi connectivity index (χ4v) is 0.412. The van der Waals surface area contributed by atoms with Gasteiger partial charge < -0.3 is 5.73 Å². The summed E-state index contributed by atoms with van der Waals surface area (Å²) in [6, 6.07) is 1.22. The molecule has 0 rings (SSSR count). The van der Waals surface area contributed by atoms with Gasteiger partial charge in [-0.3, -0.25) is 0 Å². The van der Waals surface area contributed by atoms with Crippen LogP contribution in [0, 0.1) is 11.3 Å². The largest absolute Gasteiger partial charge is 0.322 e. The summed E-state index contributed by atoms with van der Waals surface area (Å²) in [4.78, 5) is 6.41. The van der Waals surface area contributed by atoms with Gasteiger partial charge in [0.25, 0.3) is 0 Å². The Morgan fingerprint density at radius 3 is 2.75 bits per heavy atom. The third-order valence-electron chi connectivity index (χ3n) is 1.01. The second-order valence-corrected chi connectivity index (χ2v) is 2.02. The van der Waals surface area contributed by atoms with Gasteiger partial charge >= 0.3 is 0 Å². The van der Waals surface area contributed by atoms with Gasteiger partial charge in [-0.2, -0.15) is 9.65 Å². The van der Waals surface area contributed by atoms with Crippen LogP contribution < -0.4 is 5.73 Å². The van der Waals surface area contributed by atoms with E-state index in [1.165, 1.54) is 0 Å². The van der Waals surface area contributed by atoms with Crippen molar-refractivity contribution in [3.63, 3.8) is 0 Å². The van der Waals surface area contributed by atoms with Gasteiger partial charge in [0, 0.05) is 0 Å². The molecule has 0 aliphatic rings. The minimum atomic E-state index is -0.844. The highest BCUT2D eigenvalue weighted by Gasteiger charge is 2.01. The molecule has 64 valence electrons. The summed E-state index contributed by atoms with van der Waals surface area (Å²) in [5.41, 5.74) is 5.37. The molecule has 12 heavy (non-hydrogen) atoms. The fraction of sp³-hybridized carbons (Fsp3) is 0.286. The number of aliphatic imine (C=N–C) groups is 2. The summed E-state index contributed by atoms with van der Waals surface area (Å²) in [5, 5.41) is 8.42. The summed E-state index contributed by atoms with van der Waals surface area (Å²) in [5.74, 6) is -0.844. The highest BCUT2D eigenvalue weighted by atomic mass is 19.1. The molecule has 5 heteroatoms. The molecule has 2 N–H and O–H groups in total. The van der Waals surface area contributed by atoms with Crippen molar-refractivity contribution < 1.29 is 4.39 Å². The van der Waals surface area contributed by atoms with Crippen LogP contribution >= 0.6 is 0 Å². The lowest BCUT2D eigenvalue weighted by molar-refractivity contribution is 0.627. The molecule has 0 aromatic carbocycles. The van der Waals surface area contributed by atoms with Crippen molar-refractivity contribution in [3.8, 4) is 6.07 Å². The maximum Gasteiger partial charge on any atom is 0.230 e. The van der Waals surface area contributed by atoms with E-state index in [0.717, 1.165) is 6.20 Å². The summed E-state index contributed by atoms with van der Waals surface area (Å²) >= 11 is 0. The Balaban J connectivity index is 4.54. The van der Waals surface area contributed by atoms with E-state index in [9.17, 15) is 4.39 Å². The first kappa shape index (κ1) is 10.5. The van der Waals surface area contributed by atoms with Gasteiger partial charge in [0.15, 0.2) is 0 Å². The number of hydrogen-bond donors (Lipinski definition) is 1. The van der Waals surface area contributed by atoms with Gasteiger partial charge in [-0.1, -0.05) is 0 Å². The van der Waals surface area contributed by atoms with Crippen molar-refractivity contribution in [3.05, 3.63) is 12.2 Å². The second kappa shape index (κ2) is 5.16. The molecule has 0 aliphatic carbocycles. The zero-order valence-corrected chi connectivity index (χ0v) is 6.66. The average molecular weight is 168 g/mol. The highest BCUT2D eigenvalue weighted by Crippen LogP contribution is 1.96. The number of hydrogen-bond acceptors (Lipinski definition) is 4. The Labute approximate surface area is 69.9 Å². The number of halogens is 1. The van der Waals surface area contributed by atoms with Crippen LogP contribution in [-0.2, 0) is 0 Å². The van der Waals surface area contributed by atoms with Gasteiger partial charge in [0.1, 0.15) is 11.8 Å².